The Bertz CT molecular complexity index is 1750. The van der Waals surface area contributed by atoms with E-state index in [-0.39, 0.29) is 24.0 Å². The van der Waals surface area contributed by atoms with Gasteiger partial charge >= 0.3 is 0 Å². The predicted octanol–water partition coefficient (Wildman–Crippen LogP) is 4.04. The van der Waals surface area contributed by atoms with Crippen LogP contribution < -0.4 is 10.3 Å². The number of aromatic nitrogens is 8. The fraction of sp³-hybridized carbons (Fsp3) is 0.321. The molecule has 0 aliphatic heterocycles. The van der Waals surface area contributed by atoms with Gasteiger partial charge in [-0.25, -0.2) is 15.0 Å². The Kier molecular flexibility index (Phi) is 6.26. The largest absolute Gasteiger partial charge is 0.484 e. The first-order chi connectivity index (χ1) is 18.9. The lowest BCUT2D eigenvalue weighted by molar-refractivity contribution is -0.120. The number of ketones is 1. The van der Waals surface area contributed by atoms with Gasteiger partial charge < -0.3 is 13.9 Å². The Balaban J connectivity index is 1.45. The molecule has 0 N–H and O–H groups in total. The highest BCUT2D eigenvalue weighted by Gasteiger charge is 2.26. The van der Waals surface area contributed by atoms with E-state index in [2.05, 4.69) is 20.2 Å². The summed E-state index contributed by atoms with van der Waals surface area (Å²) in [5.74, 6) is 1.94. The van der Waals surface area contributed by atoms with Crippen LogP contribution in [0, 0.1) is 0 Å². The minimum Gasteiger partial charge on any atom is -0.484 e. The van der Waals surface area contributed by atoms with E-state index in [9.17, 15) is 9.59 Å². The zero-order valence-corrected chi connectivity index (χ0v) is 22.0. The van der Waals surface area contributed by atoms with Gasteiger partial charge in [0.1, 0.15) is 36.5 Å². The van der Waals surface area contributed by atoms with Crippen molar-refractivity contribution in [2.75, 3.05) is 6.61 Å². The van der Waals surface area contributed by atoms with Crippen molar-refractivity contribution >= 4 is 16.7 Å². The lowest BCUT2D eigenvalue weighted by atomic mass is 10.2. The quantitative estimate of drug-likeness (QED) is 0.283. The number of carbonyl (C=O) groups excluding carboxylic acids is 1. The number of Topliss-reactive ketones (excluding diaryl/α,β-unsaturated/α-hetero) is 1. The summed E-state index contributed by atoms with van der Waals surface area (Å²) in [6.45, 7) is 5.81. The van der Waals surface area contributed by atoms with Crippen molar-refractivity contribution in [3.63, 3.8) is 0 Å². The van der Waals surface area contributed by atoms with Crippen molar-refractivity contribution < 1.29 is 9.53 Å². The number of imidazole rings is 1. The lowest BCUT2D eigenvalue weighted by Crippen LogP contribution is -2.20. The highest BCUT2D eigenvalue weighted by atomic mass is 16.5. The SMILES string of the molecule is CCC(=O)COc1cc2ncn(-c3cccc(-c4nncn4C(C)C)n3)c(=O)c2cc1-n1cnc(C2CC2)c1. The zero-order chi connectivity index (χ0) is 27.1. The molecule has 0 unspecified atom stereocenters. The molecule has 0 spiro atoms. The van der Waals surface area contributed by atoms with Gasteiger partial charge in [0.15, 0.2) is 11.6 Å². The second kappa shape index (κ2) is 9.90. The smallest absolute Gasteiger partial charge is 0.267 e. The van der Waals surface area contributed by atoms with Crippen molar-refractivity contribution in [3.8, 4) is 28.8 Å². The van der Waals surface area contributed by atoms with Gasteiger partial charge in [-0.1, -0.05) is 13.0 Å². The van der Waals surface area contributed by atoms with Gasteiger partial charge in [0.25, 0.3) is 5.56 Å². The van der Waals surface area contributed by atoms with E-state index >= 15 is 0 Å². The summed E-state index contributed by atoms with van der Waals surface area (Å²) >= 11 is 0. The van der Waals surface area contributed by atoms with Gasteiger partial charge in [0.2, 0.25) is 0 Å². The number of hydrogen-bond acceptors (Lipinski definition) is 8. The van der Waals surface area contributed by atoms with Crippen LogP contribution in [0.4, 0.5) is 0 Å². The highest BCUT2D eigenvalue weighted by Crippen LogP contribution is 2.39. The number of hydrogen-bond donors (Lipinski definition) is 0. The Morgan fingerprint density at radius 2 is 1.97 bits per heavy atom. The Morgan fingerprint density at radius 3 is 2.74 bits per heavy atom. The van der Waals surface area contributed by atoms with Crippen molar-refractivity contribution in [2.24, 2.45) is 0 Å². The molecule has 1 fully saturated rings. The molecule has 39 heavy (non-hydrogen) atoms. The number of carbonyl (C=O) groups is 1. The van der Waals surface area contributed by atoms with Crippen LogP contribution in [0.15, 0.2) is 60.3 Å². The molecule has 11 nitrogen and oxygen atoms in total. The molecule has 1 aliphatic carbocycles. The summed E-state index contributed by atoms with van der Waals surface area (Å²) in [5, 5.41) is 8.64. The first-order valence-electron chi connectivity index (χ1n) is 13.0. The van der Waals surface area contributed by atoms with Crippen LogP contribution in [-0.4, -0.2) is 51.2 Å². The molecular weight excluding hydrogens is 496 g/mol. The van der Waals surface area contributed by atoms with E-state index in [0.29, 0.717) is 52.0 Å². The number of fused-ring (bicyclic) bond motifs is 1. The maximum atomic E-state index is 13.8. The summed E-state index contributed by atoms with van der Waals surface area (Å²) in [6.07, 6.45) is 9.41. The van der Waals surface area contributed by atoms with Crippen LogP contribution in [-0.2, 0) is 4.79 Å². The molecule has 0 saturated heterocycles. The fourth-order valence-electron chi connectivity index (χ4n) is 4.42. The fourth-order valence-corrected chi connectivity index (χ4v) is 4.42. The Morgan fingerprint density at radius 1 is 1.13 bits per heavy atom. The summed E-state index contributed by atoms with van der Waals surface area (Å²) < 4.78 is 11.1. The standard InChI is InChI=1S/C28H28N8O3/c1-4-19(37)13-39-25-11-22-20(10-24(25)34-12-23(29-14-34)18-8-9-18)28(38)36(15-30-22)26-7-5-6-21(32-26)27-33-31-16-35(27)17(2)3/h5-7,10-12,14-18H,4,8-9,13H2,1-3H3. The molecule has 0 atom stereocenters. The third-order valence-electron chi connectivity index (χ3n) is 6.84. The normalized spacial score (nSPS) is 13.3. The van der Waals surface area contributed by atoms with Crippen LogP contribution in [0.2, 0.25) is 0 Å². The molecule has 4 aromatic heterocycles. The summed E-state index contributed by atoms with van der Waals surface area (Å²) in [6, 6.07) is 9.00. The molecule has 4 heterocycles. The van der Waals surface area contributed by atoms with E-state index in [1.54, 1.807) is 37.8 Å². The summed E-state index contributed by atoms with van der Waals surface area (Å²) in [7, 11) is 0. The molecule has 6 rings (SSSR count). The number of benzene rings is 1. The second-order valence-corrected chi connectivity index (χ2v) is 9.95. The van der Waals surface area contributed by atoms with Gasteiger partial charge in [0.05, 0.1) is 28.6 Å². The molecule has 198 valence electrons. The van der Waals surface area contributed by atoms with Crippen molar-refractivity contribution in [3.05, 3.63) is 71.6 Å². The van der Waals surface area contributed by atoms with Crippen LogP contribution in [0.25, 0.3) is 33.9 Å². The minimum absolute atomic E-state index is 0.0204. The van der Waals surface area contributed by atoms with Crippen molar-refractivity contribution in [2.45, 2.75) is 52.0 Å². The molecule has 1 saturated carbocycles. The van der Waals surface area contributed by atoms with E-state index in [1.807, 2.05) is 41.3 Å². The van der Waals surface area contributed by atoms with E-state index in [4.69, 9.17) is 9.72 Å². The van der Waals surface area contributed by atoms with Gasteiger partial charge in [0, 0.05) is 30.6 Å². The molecule has 5 aromatic rings. The molecule has 1 aliphatic rings. The molecule has 0 amide bonds. The lowest BCUT2D eigenvalue weighted by Gasteiger charge is -2.14. The summed E-state index contributed by atoms with van der Waals surface area (Å²) in [5.41, 5.74) is 2.40. The molecular formula is C28H28N8O3. The zero-order valence-electron chi connectivity index (χ0n) is 22.0. The topological polar surface area (TPSA) is 123 Å². The molecule has 11 heteroatoms. The summed E-state index contributed by atoms with van der Waals surface area (Å²) in [4.78, 5) is 39.6. The maximum absolute atomic E-state index is 13.8. The van der Waals surface area contributed by atoms with Gasteiger partial charge in [-0.05, 0) is 44.9 Å². The van der Waals surface area contributed by atoms with Crippen molar-refractivity contribution in [1.29, 1.82) is 0 Å². The van der Waals surface area contributed by atoms with Gasteiger partial charge in [-0.15, -0.1) is 10.2 Å². The average Bonchev–Trinajstić information content (AvgIpc) is 3.46. The molecule has 0 radical (unpaired) electrons. The van der Waals surface area contributed by atoms with E-state index in [0.717, 1.165) is 18.5 Å². The number of pyridine rings is 1. The van der Waals surface area contributed by atoms with Gasteiger partial charge in [-0.2, -0.15) is 0 Å². The third kappa shape index (κ3) is 4.71. The molecule has 1 aromatic carbocycles. The van der Waals surface area contributed by atoms with Crippen LogP contribution in [0.1, 0.15) is 57.7 Å². The third-order valence-corrected chi connectivity index (χ3v) is 6.84. The highest BCUT2D eigenvalue weighted by molar-refractivity contribution is 5.84. The van der Waals surface area contributed by atoms with Gasteiger partial charge in [-0.3, -0.25) is 14.2 Å². The van der Waals surface area contributed by atoms with Crippen molar-refractivity contribution in [1.82, 2.24) is 38.9 Å². The maximum Gasteiger partial charge on any atom is 0.267 e. The van der Waals surface area contributed by atoms with Crippen LogP contribution in [0.5, 0.6) is 5.75 Å². The Hall–Kier alpha value is -4.67. The van der Waals surface area contributed by atoms with E-state index in [1.165, 1.54) is 10.9 Å². The molecule has 0 bridgehead atoms. The van der Waals surface area contributed by atoms with E-state index < -0.39 is 0 Å². The predicted molar refractivity (Wildman–Crippen MR) is 144 cm³/mol. The number of ether oxygens (including phenoxy) is 1. The monoisotopic (exact) mass is 524 g/mol. The average molecular weight is 525 g/mol. The second-order valence-electron chi connectivity index (χ2n) is 9.95. The number of rotatable bonds is 9. The van der Waals surface area contributed by atoms with Crippen LogP contribution in [0.3, 0.4) is 0 Å². The Labute approximate surface area is 224 Å². The first kappa shape index (κ1) is 24.7. The first-order valence-corrected chi connectivity index (χ1v) is 13.0. The number of nitrogens with zero attached hydrogens (tertiary/aromatic N) is 8. The minimum atomic E-state index is -0.282. The van der Waals surface area contributed by atoms with Crippen LogP contribution >= 0.6 is 0 Å².